The van der Waals surface area contributed by atoms with E-state index < -0.39 is 24.3 Å². The number of alkyl halides is 3. The average molecular weight is 374 g/mol. The first-order chi connectivity index (χ1) is 12.3. The molecule has 6 nitrogen and oxygen atoms in total. The molecule has 1 saturated heterocycles. The maximum Gasteiger partial charge on any atom is 0.419 e. The molecule has 1 aromatic rings. The van der Waals surface area contributed by atoms with E-state index in [0.29, 0.717) is 32.5 Å². The normalized spacial score (nSPS) is 15.5. The van der Waals surface area contributed by atoms with E-state index in [1.807, 2.05) is 0 Å². The molecule has 1 aliphatic heterocycles. The number of benzene rings is 1. The summed E-state index contributed by atoms with van der Waals surface area (Å²) in [5, 5.41) is 2.71. The number of nitrogens with one attached hydrogen (secondary N) is 1. The standard InChI is InChI=1S/C17H21F3N2O4/c1-2-25-16(24)22-9-7-12(8-10-22)21-15(23)11-26-14-6-4-3-5-13(14)17(18,19)20/h3-6,12H,2,7-11H2,1H3,(H,21,23). The molecule has 0 spiro atoms. The Morgan fingerprint density at radius 3 is 2.50 bits per heavy atom. The summed E-state index contributed by atoms with van der Waals surface area (Å²) in [6, 6.07) is 4.59. The van der Waals surface area contributed by atoms with Gasteiger partial charge in [-0.05, 0) is 31.9 Å². The lowest BCUT2D eigenvalue weighted by Gasteiger charge is -2.31. The zero-order chi connectivity index (χ0) is 19.2. The van der Waals surface area contributed by atoms with Gasteiger partial charge in [-0.1, -0.05) is 12.1 Å². The summed E-state index contributed by atoms with van der Waals surface area (Å²) >= 11 is 0. The molecule has 0 unspecified atom stereocenters. The minimum Gasteiger partial charge on any atom is -0.483 e. The summed E-state index contributed by atoms with van der Waals surface area (Å²) < 4.78 is 48.6. The van der Waals surface area contributed by atoms with E-state index >= 15 is 0 Å². The molecule has 1 aromatic carbocycles. The highest BCUT2D eigenvalue weighted by atomic mass is 19.4. The number of hydrogen-bond acceptors (Lipinski definition) is 4. The summed E-state index contributed by atoms with van der Waals surface area (Å²) in [7, 11) is 0. The van der Waals surface area contributed by atoms with E-state index in [4.69, 9.17) is 9.47 Å². The third kappa shape index (κ3) is 5.53. The van der Waals surface area contributed by atoms with Crippen molar-refractivity contribution in [2.45, 2.75) is 32.0 Å². The van der Waals surface area contributed by atoms with Crippen LogP contribution in [0.25, 0.3) is 0 Å². The van der Waals surface area contributed by atoms with Crippen LogP contribution in [0.1, 0.15) is 25.3 Å². The number of likely N-dealkylation sites (tertiary alicyclic amines) is 1. The molecule has 0 saturated carbocycles. The van der Waals surface area contributed by atoms with Gasteiger partial charge in [-0.3, -0.25) is 4.79 Å². The Balaban J connectivity index is 1.80. The molecule has 1 heterocycles. The fourth-order valence-corrected chi connectivity index (χ4v) is 2.66. The van der Waals surface area contributed by atoms with E-state index in [1.165, 1.54) is 18.2 Å². The lowest BCUT2D eigenvalue weighted by Crippen LogP contribution is -2.47. The molecule has 9 heteroatoms. The van der Waals surface area contributed by atoms with Gasteiger partial charge in [0, 0.05) is 19.1 Å². The van der Waals surface area contributed by atoms with Crippen molar-refractivity contribution in [3.05, 3.63) is 29.8 Å². The van der Waals surface area contributed by atoms with Crippen LogP contribution in [0.15, 0.2) is 24.3 Å². The second-order valence-corrected chi connectivity index (χ2v) is 5.81. The quantitative estimate of drug-likeness (QED) is 0.861. The molecule has 0 bridgehead atoms. The molecular weight excluding hydrogens is 353 g/mol. The molecule has 26 heavy (non-hydrogen) atoms. The summed E-state index contributed by atoms with van der Waals surface area (Å²) in [6.07, 6.45) is -3.84. The molecule has 2 amide bonds. The highest BCUT2D eigenvalue weighted by molar-refractivity contribution is 5.78. The van der Waals surface area contributed by atoms with Crippen molar-refractivity contribution in [3.63, 3.8) is 0 Å². The predicted octanol–water partition coefficient (Wildman–Crippen LogP) is 2.82. The Labute approximate surface area is 149 Å². The van der Waals surface area contributed by atoms with E-state index in [0.717, 1.165) is 6.07 Å². The number of halogens is 3. The van der Waals surface area contributed by atoms with Gasteiger partial charge in [0.25, 0.3) is 5.91 Å². The largest absolute Gasteiger partial charge is 0.483 e. The Morgan fingerprint density at radius 1 is 1.23 bits per heavy atom. The van der Waals surface area contributed by atoms with Gasteiger partial charge < -0.3 is 19.7 Å². The SMILES string of the molecule is CCOC(=O)N1CCC(NC(=O)COc2ccccc2C(F)(F)F)CC1. The molecular formula is C17H21F3N2O4. The fraction of sp³-hybridized carbons (Fsp3) is 0.529. The predicted molar refractivity (Wildman–Crippen MR) is 86.7 cm³/mol. The minimum atomic E-state index is -4.55. The molecule has 2 rings (SSSR count). The van der Waals surface area contributed by atoms with Crippen LogP contribution in [0.5, 0.6) is 5.75 Å². The smallest absolute Gasteiger partial charge is 0.419 e. The number of rotatable bonds is 5. The molecule has 1 N–H and O–H groups in total. The van der Waals surface area contributed by atoms with Crippen LogP contribution in [0, 0.1) is 0 Å². The van der Waals surface area contributed by atoms with Gasteiger partial charge in [-0.25, -0.2) is 4.79 Å². The number of nitrogens with zero attached hydrogens (tertiary/aromatic N) is 1. The number of hydrogen-bond donors (Lipinski definition) is 1. The van der Waals surface area contributed by atoms with Gasteiger partial charge >= 0.3 is 12.3 Å². The maximum absolute atomic E-state index is 12.9. The number of carbonyl (C=O) groups excluding carboxylic acids is 2. The molecule has 1 aliphatic rings. The molecule has 0 aromatic heterocycles. The van der Waals surface area contributed by atoms with Crippen molar-refractivity contribution in [1.29, 1.82) is 0 Å². The van der Waals surface area contributed by atoms with Crippen LogP contribution >= 0.6 is 0 Å². The summed E-state index contributed by atoms with van der Waals surface area (Å²) in [4.78, 5) is 25.1. The Bertz CT molecular complexity index is 629. The zero-order valence-electron chi connectivity index (χ0n) is 14.3. The molecule has 144 valence electrons. The number of carbonyl (C=O) groups is 2. The third-order valence-corrected chi connectivity index (χ3v) is 3.94. The van der Waals surface area contributed by atoms with Crippen LogP contribution in [0.4, 0.5) is 18.0 Å². The van der Waals surface area contributed by atoms with Gasteiger partial charge in [-0.2, -0.15) is 13.2 Å². The molecule has 1 fully saturated rings. The lowest BCUT2D eigenvalue weighted by molar-refractivity contribution is -0.139. The van der Waals surface area contributed by atoms with Crippen molar-refractivity contribution >= 4 is 12.0 Å². The average Bonchev–Trinajstić information content (AvgIpc) is 2.60. The second-order valence-electron chi connectivity index (χ2n) is 5.81. The summed E-state index contributed by atoms with van der Waals surface area (Å²) in [5.74, 6) is -0.885. The zero-order valence-corrected chi connectivity index (χ0v) is 14.3. The number of ether oxygens (including phenoxy) is 2. The molecule has 0 atom stereocenters. The molecule has 0 aliphatic carbocycles. The van der Waals surface area contributed by atoms with Crippen LogP contribution < -0.4 is 10.1 Å². The van der Waals surface area contributed by atoms with E-state index in [-0.39, 0.29) is 17.9 Å². The first-order valence-electron chi connectivity index (χ1n) is 8.31. The first-order valence-corrected chi connectivity index (χ1v) is 8.31. The van der Waals surface area contributed by atoms with Crippen LogP contribution in [-0.4, -0.2) is 49.2 Å². The van der Waals surface area contributed by atoms with Crippen molar-refractivity contribution in [2.24, 2.45) is 0 Å². The number of para-hydroxylation sites is 1. The van der Waals surface area contributed by atoms with Crippen molar-refractivity contribution in [2.75, 3.05) is 26.3 Å². The van der Waals surface area contributed by atoms with Crippen LogP contribution in [0.3, 0.4) is 0 Å². The highest BCUT2D eigenvalue weighted by Crippen LogP contribution is 2.35. The van der Waals surface area contributed by atoms with Gasteiger partial charge in [0.05, 0.1) is 12.2 Å². The van der Waals surface area contributed by atoms with E-state index in [1.54, 1.807) is 11.8 Å². The minimum absolute atomic E-state index is 0.158. The van der Waals surface area contributed by atoms with Crippen molar-refractivity contribution < 1.29 is 32.2 Å². The summed E-state index contributed by atoms with van der Waals surface area (Å²) in [6.45, 7) is 2.41. The van der Waals surface area contributed by atoms with E-state index in [9.17, 15) is 22.8 Å². The number of piperidine rings is 1. The van der Waals surface area contributed by atoms with Crippen LogP contribution in [0.2, 0.25) is 0 Å². The van der Waals surface area contributed by atoms with Gasteiger partial charge in [0.1, 0.15) is 5.75 Å². The Kier molecular flexibility index (Phi) is 6.70. The Morgan fingerprint density at radius 2 is 1.88 bits per heavy atom. The van der Waals surface area contributed by atoms with Gasteiger partial charge in [0.15, 0.2) is 6.61 Å². The van der Waals surface area contributed by atoms with E-state index in [2.05, 4.69) is 5.32 Å². The lowest BCUT2D eigenvalue weighted by atomic mass is 10.1. The first kappa shape index (κ1) is 19.9. The summed E-state index contributed by atoms with van der Waals surface area (Å²) in [5.41, 5.74) is -0.921. The monoisotopic (exact) mass is 374 g/mol. The number of amides is 2. The van der Waals surface area contributed by atoms with Crippen molar-refractivity contribution in [3.8, 4) is 5.75 Å². The topological polar surface area (TPSA) is 67.9 Å². The fourth-order valence-electron chi connectivity index (χ4n) is 2.66. The van der Waals surface area contributed by atoms with Gasteiger partial charge in [0.2, 0.25) is 0 Å². The third-order valence-electron chi connectivity index (χ3n) is 3.94. The molecule has 0 radical (unpaired) electrons. The van der Waals surface area contributed by atoms with Gasteiger partial charge in [-0.15, -0.1) is 0 Å². The second kappa shape index (κ2) is 8.77. The highest BCUT2D eigenvalue weighted by Gasteiger charge is 2.34. The van der Waals surface area contributed by atoms with Crippen molar-refractivity contribution in [1.82, 2.24) is 10.2 Å². The van der Waals surface area contributed by atoms with Crippen LogP contribution in [-0.2, 0) is 15.7 Å². The Hall–Kier alpha value is -2.45. The maximum atomic E-state index is 12.9.